The van der Waals surface area contributed by atoms with Crippen molar-refractivity contribution in [2.24, 2.45) is 0 Å². The number of nitrogen functional groups attached to an aromatic ring is 1. The second kappa shape index (κ2) is 7.75. The van der Waals surface area contributed by atoms with E-state index in [0.717, 1.165) is 35.0 Å². The maximum absolute atomic E-state index is 13.2. The van der Waals surface area contributed by atoms with Crippen LogP contribution < -0.4 is 11.2 Å². The highest BCUT2D eigenvalue weighted by Gasteiger charge is 2.20. The summed E-state index contributed by atoms with van der Waals surface area (Å²) in [5, 5.41) is 10.4. The van der Waals surface area contributed by atoms with Gasteiger partial charge < -0.3 is 11.2 Å². The predicted octanol–water partition coefficient (Wildman–Crippen LogP) is 3.36. The number of aromatic nitrogens is 3. The molecule has 0 spiro atoms. The molecular weight excluding hydrogens is 372 g/mol. The molecule has 1 amide bonds. The molecular formula is C18H17F2N5OS. The van der Waals surface area contributed by atoms with Gasteiger partial charge in [-0.25, -0.2) is 13.5 Å². The van der Waals surface area contributed by atoms with Crippen molar-refractivity contribution in [3.8, 4) is 11.4 Å². The van der Waals surface area contributed by atoms with Gasteiger partial charge in [0.25, 0.3) is 0 Å². The summed E-state index contributed by atoms with van der Waals surface area (Å²) >= 11 is 1.11. The number of rotatable bonds is 5. The molecule has 0 saturated carbocycles. The van der Waals surface area contributed by atoms with Crippen LogP contribution in [-0.2, 0) is 4.79 Å². The molecule has 3 aromatic rings. The highest BCUT2D eigenvalue weighted by molar-refractivity contribution is 8.00. The van der Waals surface area contributed by atoms with Gasteiger partial charge in [-0.3, -0.25) is 4.79 Å². The van der Waals surface area contributed by atoms with Crippen molar-refractivity contribution < 1.29 is 13.6 Å². The average molecular weight is 389 g/mol. The van der Waals surface area contributed by atoms with Crippen LogP contribution in [0, 0.1) is 18.6 Å². The first-order chi connectivity index (χ1) is 12.8. The van der Waals surface area contributed by atoms with Gasteiger partial charge in [0.1, 0.15) is 0 Å². The van der Waals surface area contributed by atoms with Crippen LogP contribution in [0.2, 0.25) is 0 Å². The van der Waals surface area contributed by atoms with Crippen molar-refractivity contribution in [3.05, 3.63) is 59.7 Å². The quantitative estimate of drug-likeness (QED) is 0.516. The van der Waals surface area contributed by atoms with Gasteiger partial charge >= 0.3 is 0 Å². The third kappa shape index (κ3) is 4.25. The van der Waals surface area contributed by atoms with Crippen molar-refractivity contribution in [1.82, 2.24) is 14.9 Å². The lowest BCUT2D eigenvalue weighted by Crippen LogP contribution is -2.23. The molecule has 6 nitrogen and oxygen atoms in total. The lowest BCUT2D eigenvalue weighted by Gasteiger charge is -2.11. The van der Waals surface area contributed by atoms with E-state index in [9.17, 15) is 13.6 Å². The van der Waals surface area contributed by atoms with Crippen LogP contribution in [-0.4, -0.2) is 26.0 Å². The lowest BCUT2D eigenvalue weighted by atomic mass is 10.1. The molecule has 2 aromatic carbocycles. The Kier molecular flexibility index (Phi) is 5.41. The fraction of sp³-hybridized carbons (Fsp3) is 0.167. The molecule has 140 valence electrons. The summed E-state index contributed by atoms with van der Waals surface area (Å²) in [6, 6.07) is 10.8. The van der Waals surface area contributed by atoms with Crippen LogP contribution in [0.5, 0.6) is 0 Å². The summed E-state index contributed by atoms with van der Waals surface area (Å²) in [6.45, 7) is 3.63. The SMILES string of the molecule is Cc1ccc(-c2nnc(S[C@@H](C)C(=O)Nc3ccc(F)c(F)c3)n2N)cc1. The molecule has 0 saturated heterocycles. The van der Waals surface area contributed by atoms with Crippen molar-refractivity contribution >= 4 is 23.4 Å². The molecule has 1 heterocycles. The monoisotopic (exact) mass is 389 g/mol. The summed E-state index contributed by atoms with van der Waals surface area (Å²) < 4.78 is 27.5. The van der Waals surface area contributed by atoms with Crippen LogP contribution in [0.4, 0.5) is 14.5 Å². The number of nitrogens with zero attached hydrogens (tertiary/aromatic N) is 3. The number of hydrogen-bond acceptors (Lipinski definition) is 5. The third-order valence-electron chi connectivity index (χ3n) is 3.81. The van der Waals surface area contributed by atoms with Gasteiger partial charge in [-0.1, -0.05) is 41.6 Å². The Morgan fingerprint density at radius 3 is 2.52 bits per heavy atom. The van der Waals surface area contributed by atoms with Crippen molar-refractivity contribution in [2.45, 2.75) is 24.3 Å². The fourth-order valence-corrected chi connectivity index (χ4v) is 3.06. The molecule has 0 bridgehead atoms. The van der Waals surface area contributed by atoms with E-state index in [4.69, 9.17) is 5.84 Å². The summed E-state index contributed by atoms with van der Waals surface area (Å²) in [4.78, 5) is 12.3. The second-order valence-electron chi connectivity index (χ2n) is 5.92. The van der Waals surface area contributed by atoms with Crippen LogP contribution in [0.15, 0.2) is 47.6 Å². The normalized spacial score (nSPS) is 12.0. The Labute approximate surface area is 158 Å². The van der Waals surface area contributed by atoms with Gasteiger partial charge in [0, 0.05) is 17.3 Å². The minimum atomic E-state index is -1.03. The molecule has 1 aromatic heterocycles. The number of thioether (sulfide) groups is 1. The van der Waals surface area contributed by atoms with E-state index < -0.39 is 22.8 Å². The minimum Gasteiger partial charge on any atom is -0.335 e. The Balaban J connectivity index is 1.70. The molecule has 0 aliphatic carbocycles. The molecule has 9 heteroatoms. The number of aryl methyl sites for hydroxylation is 1. The standard InChI is InChI=1S/C18H17F2N5OS/c1-10-3-5-12(6-4-10)16-23-24-18(25(16)21)27-11(2)17(26)22-13-7-8-14(19)15(20)9-13/h3-9,11H,21H2,1-2H3,(H,22,26)/t11-/m0/s1. The molecule has 1 atom stereocenters. The van der Waals surface area contributed by atoms with E-state index in [1.807, 2.05) is 31.2 Å². The van der Waals surface area contributed by atoms with Crippen molar-refractivity contribution in [3.63, 3.8) is 0 Å². The number of benzene rings is 2. The highest BCUT2D eigenvalue weighted by Crippen LogP contribution is 2.26. The Bertz CT molecular complexity index is 974. The smallest absolute Gasteiger partial charge is 0.237 e. The van der Waals surface area contributed by atoms with Crippen LogP contribution in [0.1, 0.15) is 12.5 Å². The zero-order chi connectivity index (χ0) is 19.6. The first-order valence-corrected chi connectivity index (χ1v) is 8.93. The Morgan fingerprint density at radius 2 is 1.85 bits per heavy atom. The molecule has 0 unspecified atom stereocenters. The van der Waals surface area contributed by atoms with E-state index in [-0.39, 0.29) is 5.69 Å². The predicted molar refractivity (Wildman–Crippen MR) is 101 cm³/mol. The number of halogens is 2. The zero-order valence-electron chi connectivity index (χ0n) is 14.6. The molecule has 3 N–H and O–H groups in total. The van der Waals surface area contributed by atoms with Gasteiger partial charge in [-0.15, -0.1) is 10.2 Å². The number of carbonyl (C=O) groups excluding carboxylic acids is 1. The van der Waals surface area contributed by atoms with Gasteiger partial charge in [0.2, 0.25) is 11.1 Å². The highest BCUT2D eigenvalue weighted by atomic mass is 32.2. The van der Waals surface area contributed by atoms with Crippen LogP contribution in [0.25, 0.3) is 11.4 Å². The van der Waals surface area contributed by atoms with E-state index in [1.165, 1.54) is 10.7 Å². The van der Waals surface area contributed by atoms with Gasteiger partial charge in [0.05, 0.1) is 5.25 Å². The van der Waals surface area contributed by atoms with Crippen LogP contribution in [0.3, 0.4) is 0 Å². The topological polar surface area (TPSA) is 85.8 Å². The second-order valence-corrected chi connectivity index (χ2v) is 7.23. The molecule has 0 aliphatic heterocycles. The Morgan fingerprint density at radius 1 is 1.15 bits per heavy atom. The van der Waals surface area contributed by atoms with E-state index in [1.54, 1.807) is 6.92 Å². The zero-order valence-corrected chi connectivity index (χ0v) is 15.4. The molecule has 27 heavy (non-hydrogen) atoms. The number of nitrogens with two attached hydrogens (primary N) is 1. The summed E-state index contributed by atoms with van der Waals surface area (Å²) in [5.41, 5.74) is 2.08. The van der Waals surface area contributed by atoms with Crippen molar-refractivity contribution in [1.29, 1.82) is 0 Å². The number of hydrogen-bond donors (Lipinski definition) is 2. The van der Waals surface area contributed by atoms with E-state index >= 15 is 0 Å². The number of amides is 1. The first kappa shape index (κ1) is 18.8. The molecule has 0 radical (unpaired) electrons. The maximum atomic E-state index is 13.2. The van der Waals surface area contributed by atoms with E-state index in [0.29, 0.717) is 11.0 Å². The number of nitrogens with one attached hydrogen (secondary N) is 1. The largest absolute Gasteiger partial charge is 0.335 e. The molecule has 0 aliphatic rings. The van der Waals surface area contributed by atoms with Crippen molar-refractivity contribution in [2.75, 3.05) is 11.2 Å². The summed E-state index contributed by atoms with van der Waals surface area (Å²) in [5.74, 6) is 4.13. The average Bonchev–Trinajstić information content (AvgIpc) is 2.99. The lowest BCUT2D eigenvalue weighted by molar-refractivity contribution is -0.115. The number of anilines is 1. The third-order valence-corrected chi connectivity index (χ3v) is 4.87. The van der Waals surface area contributed by atoms with Crippen LogP contribution >= 0.6 is 11.8 Å². The fourth-order valence-electron chi connectivity index (χ4n) is 2.29. The summed E-state index contributed by atoms with van der Waals surface area (Å²) in [7, 11) is 0. The summed E-state index contributed by atoms with van der Waals surface area (Å²) in [6.07, 6.45) is 0. The van der Waals surface area contributed by atoms with Gasteiger partial charge in [0.15, 0.2) is 17.5 Å². The maximum Gasteiger partial charge on any atom is 0.237 e. The minimum absolute atomic E-state index is 0.168. The molecule has 3 rings (SSSR count). The van der Waals surface area contributed by atoms with Gasteiger partial charge in [-0.2, -0.15) is 0 Å². The number of carbonyl (C=O) groups is 1. The molecule has 0 fully saturated rings. The van der Waals surface area contributed by atoms with E-state index in [2.05, 4.69) is 15.5 Å². The first-order valence-electron chi connectivity index (χ1n) is 8.05. The van der Waals surface area contributed by atoms with Gasteiger partial charge in [-0.05, 0) is 26.0 Å². The Hall–Kier alpha value is -2.94.